The second-order valence-electron chi connectivity index (χ2n) is 4.91. The highest BCUT2D eigenvalue weighted by Gasteiger charge is 2.11. The third-order valence-electron chi connectivity index (χ3n) is 2.87. The van der Waals surface area contributed by atoms with Crippen LogP contribution in [0.3, 0.4) is 0 Å². The monoisotopic (exact) mass is 261 g/mol. The van der Waals surface area contributed by atoms with Gasteiger partial charge in [-0.15, -0.1) is 0 Å². The largest absolute Gasteiger partial charge is 0.550 e. The Balaban J connectivity index is 0. The van der Waals surface area contributed by atoms with Crippen LogP contribution in [-0.2, 0) is 4.79 Å². The lowest BCUT2D eigenvalue weighted by Gasteiger charge is -2.22. The Bertz CT molecular complexity index is 193. The highest BCUT2D eigenvalue weighted by Crippen LogP contribution is 2.03. The SMILES string of the molecule is CCCCCCCC(=O)[O-].CCC[N+](C)(O)CC. The van der Waals surface area contributed by atoms with Crippen LogP contribution in [0.1, 0.15) is 65.7 Å². The molecule has 18 heavy (non-hydrogen) atoms. The molecule has 0 aromatic carbocycles. The minimum atomic E-state index is -0.920. The topological polar surface area (TPSA) is 60.4 Å². The summed E-state index contributed by atoms with van der Waals surface area (Å²) < 4.78 is 0.163. The molecule has 1 atom stereocenters. The lowest BCUT2D eigenvalue weighted by Crippen LogP contribution is -2.40. The van der Waals surface area contributed by atoms with Crippen LogP contribution >= 0.6 is 0 Å². The van der Waals surface area contributed by atoms with Crippen molar-refractivity contribution in [2.24, 2.45) is 0 Å². The summed E-state index contributed by atoms with van der Waals surface area (Å²) in [6.07, 6.45) is 6.65. The van der Waals surface area contributed by atoms with Gasteiger partial charge in [0.15, 0.2) is 0 Å². The summed E-state index contributed by atoms with van der Waals surface area (Å²) >= 11 is 0. The normalized spacial score (nSPS) is 13.4. The lowest BCUT2D eigenvalue weighted by atomic mass is 10.1. The summed E-state index contributed by atoms with van der Waals surface area (Å²) in [6, 6.07) is 0. The predicted octanol–water partition coefficient (Wildman–Crippen LogP) is 2.35. The number of nitrogens with zero attached hydrogens (tertiary/aromatic N) is 1. The Morgan fingerprint density at radius 3 is 1.94 bits per heavy atom. The molecule has 0 aliphatic heterocycles. The van der Waals surface area contributed by atoms with E-state index in [1.54, 1.807) is 0 Å². The first-order valence-corrected chi connectivity index (χ1v) is 7.16. The zero-order valence-corrected chi connectivity index (χ0v) is 12.6. The van der Waals surface area contributed by atoms with Crippen molar-refractivity contribution in [2.45, 2.75) is 65.7 Å². The molecular formula is C14H31NO3. The van der Waals surface area contributed by atoms with E-state index in [0.29, 0.717) is 0 Å². The number of carbonyl (C=O) groups excluding carboxylic acids is 1. The fourth-order valence-electron chi connectivity index (χ4n) is 1.51. The molecule has 0 aromatic heterocycles. The van der Waals surface area contributed by atoms with Crippen molar-refractivity contribution >= 4 is 5.97 Å². The van der Waals surface area contributed by atoms with Crippen molar-refractivity contribution < 1.29 is 19.8 Å². The van der Waals surface area contributed by atoms with Gasteiger partial charge in [-0.25, -0.2) is 5.21 Å². The second kappa shape index (κ2) is 12.8. The van der Waals surface area contributed by atoms with Crippen LogP contribution in [-0.4, -0.2) is 36.0 Å². The fourth-order valence-corrected chi connectivity index (χ4v) is 1.51. The maximum Gasteiger partial charge on any atom is 0.108 e. The maximum absolute atomic E-state index is 9.92. The average Bonchev–Trinajstić information content (AvgIpc) is 2.29. The molecule has 110 valence electrons. The summed E-state index contributed by atoms with van der Waals surface area (Å²) in [5, 5.41) is 19.2. The summed E-state index contributed by atoms with van der Waals surface area (Å²) in [6.45, 7) is 7.85. The minimum Gasteiger partial charge on any atom is -0.550 e. The van der Waals surface area contributed by atoms with Gasteiger partial charge in [0.2, 0.25) is 0 Å². The number of carboxylic acids is 1. The van der Waals surface area contributed by atoms with Crippen molar-refractivity contribution in [1.29, 1.82) is 0 Å². The van der Waals surface area contributed by atoms with Crippen LogP contribution in [0, 0.1) is 0 Å². The number of unbranched alkanes of at least 4 members (excludes halogenated alkanes) is 4. The summed E-state index contributed by atoms with van der Waals surface area (Å²) in [5.74, 6) is -0.920. The molecule has 0 rings (SSSR count). The second-order valence-corrected chi connectivity index (χ2v) is 4.91. The molecule has 0 amide bonds. The van der Waals surface area contributed by atoms with Gasteiger partial charge in [0, 0.05) is 5.97 Å². The fraction of sp³-hybridized carbons (Fsp3) is 0.929. The molecule has 0 aromatic rings. The van der Waals surface area contributed by atoms with Crippen molar-refractivity contribution in [3.05, 3.63) is 0 Å². The van der Waals surface area contributed by atoms with E-state index in [2.05, 4.69) is 13.8 Å². The Kier molecular flexibility index (Phi) is 14.1. The maximum atomic E-state index is 9.92. The zero-order chi connectivity index (χ0) is 14.4. The first-order chi connectivity index (χ1) is 8.39. The van der Waals surface area contributed by atoms with Crippen LogP contribution in [0.2, 0.25) is 0 Å². The molecule has 0 fully saturated rings. The van der Waals surface area contributed by atoms with Gasteiger partial charge >= 0.3 is 0 Å². The van der Waals surface area contributed by atoms with Gasteiger partial charge in [0.1, 0.15) is 13.1 Å². The lowest BCUT2D eigenvalue weighted by molar-refractivity contribution is -1.09. The molecular weight excluding hydrogens is 230 g/mol. The molecule has 0 radical (unpaired) electrons. The smallest absolute Gasteiger partial charge is 0.108 e. The number of quaternary nitrogens is 1. The van der Waals surface area contributed by atoms with Gasteiger partial charge in [-0.2, -0.15) is 4.65 Å². The van der Waals surface area contributed by atoms with Crippen LogP contribution in [0.15, 0.2) is 0 Å². The van der Waals surface area contributed by atoms with E-state index in [0.717, 1.165) is 38.8 Å². The van der Waals surface area contributed by atoms with Crippen LogP contribution in [0.5, 0.6) is 0 Å². The highest BCUT2D eigenvalue weighted by molar-refractivity contribution is 5.63. The Hall–Kier alpha value is -0.610. The average molecular weight is 261 g/mol. The Morgan fingerprint density at radius 2 is 1.61 bits per heavy atom. The van der Waals surface area contributed by atoms with Gasteiger partial charge < -0.3 is 9.90 Å². The van der Waals surface area contributed by atoms with E-state index in [1.165, 1.54) is 12.8 Å². The number of hydrogen-bond donors (Lipinski definition) is 1. The van der Waals surface area contributed by atoms with E-state index in [1.807, 2.05) is 14.0 Å². The quantitative estimate of drug-likeness (QED) is 0.394. The van der Waals surface area contributed by atoms with E-state index >= 15 is 0 Å². The number of hydrogen-bond acceptors (Lipinski definition) is 3. The summed E-state index contributed by atoms with van der Waals surface area (Å²) in [5.41, 5.74) is 0. The number of rotatable bonds is 9. The molecule has 0 aliphatic carbocycles. The van der Waals surface area contributed by atoms with E-state index < -0.39 is 5.97 Å². The molecule has 1 N–H and O–H groups in total. The predicted molar refractivity (Wildman–Crippen MR) is 72.1 cm³/mol. The van der Waals surface area contributed by atoms with Gasteiger partial charge in [-0.05, 0) is 26.2 Å². The number of aliphatic carboxylic acids is 1. The summed E-state index contributed by atoms with van der Waals surface area (Å²) in [7, 11) is 1.82. The van der Waals surface area contributed by atoms with E-state index in [-0.39, 0.29) is 11.1 Å². The molecule has 4 nitrogen and oxygen atoms in total. The molecule has 1 unspecified atom stereocenters. The van der Waals surface area contributed by atoms with Crippen LogP contribution in [0.4, 0.5) is 0 Å². The standard InChI is InChI=1S/C8H16O2.C6H16NO/c1-2-3-4-5-6-7-8(9)10;1-4-6-7(3,8)5-2/h2-7H2,1H3,(H,9,10);8H,4-6H2,1-3H3/q;+1/p-1. The van der Waals surface area contributed by atoms with Gasteiger partial charge in [-0.3, -0.25) is 0 Å². The molecule has 0 spiro atoms. The highest BCUT2D eigenvalue weighted by atomic mass is 16.5. The minimum absolute atomic E-state index is 0.163. The van der Waals surface area contributed by atoms with Crippen molar-refractivity contribution in [2.75, 3.05) is 20.1 Å². The molecule has 0 heterocycles. The molecule has 4 heteroatoms. The number of hydroxylamine groups is 3. The van der Waals surface area contributed by atoms with E-state index in [4.69, 9.17) is 0 Å². The van der Waals surface area contributed by atoms with Crippen molar-refractivity contribution in [3.8, 4) is 0 Å². The molecule has 0 aliphatic rings. The zero-order valence-electron chi connectivity index (χ0n) is 12.6. The van der Waals surface area contributed by atoms with Crippen LogP contribution in [0.25, 0.3) is 0 Å². The summed E-state index contributed by atoms with van der Waals surface area (Å²) in [4.78, 5) is 9.92. The van der Waals surface area contributed by atoms with Gasteiger partial charge in [0.25, 0.3) is 0 Å². The first kappa shape index (κ1) is 19.7. The molecule has 0 bridgehead atoms. The van der Waals surface area contributed by atoms with Gasteiger partial charge in [-0.1, -0.05) is 39.5 Å². The molecule has 0 saturated heterocycles. The molecule has 0 saturated carbocycles. The third kappa shape index (κ3) is 17.8. The third-order valence-corrected chi connectivity index (χ3v) is 2.87. The van der Waals surface area contributed by atoms with E-state index in [9.17, 15) is 15.1 Å². The van der Waals surface area contributed by atoms with Crippen molar-refractivity contribution in [1.82, 2.24) is 0 Å². The Morgan fingerprint density at radius 1 is 1.06 bits per heavy atom. The van der Waals surface area contributed by atoms with Crippen LogP contribution < -0.4 is 5.11 Å². The van der Waals surface area contributed by atoms with Crippen molar-refractivity contribution in [3.63, 3.8) is 0 Å². The van der Waals surface area contributed by atoms with Gasteiger partial charge in [0.05, 0.1) is 7.05 Å². The number of carboxylic acid groups (broad SMARTS) is 1. The first-order valence-electron chi connectivity index (χ1n) is 7.16. The number of carbonyl (C=O) groups is 1. The Labute approximate surface area is 112 Å².